The third-order valence-corrected chi connectivity index (χ3v) is 4.02. The summed E-state index contributed by atoms with van der Waals surface area (Å²) in [6.45, 7) is 7.20. The molecule has 0 aromatic rings. The monoisotopic (exact) mass is 212 g/mol. The second kappa shape index (κ2) is 6.49. The van der Waals surface area contributed by atoms with E-state index in [2.05, 4.69) is 37.7 Å². The molecule has 2 heteroatoms. The van der Waals surface area contributed by atoms with E-state index in [0.717, 1.165) is 12.1 Å². The summed E-state index contributed by atoms with van der Waals surface area (Å²) >= 11 is 0. The molecule has 0 spiro atoms. The molecular formula is C13H28N2. The summed E-state index contributed by atoms with van der Waals surface area (Å²) < 4.78 is 0. The Morgan fingerprint density at radius 1 is 0.733 bits per heavy atom. The van der Waals surface area contributed by atoms with Crippen molar-refractivity contribution in [1.29, 1.82) is 0 Å². The van der Waals surface area contributed by atoms with Crippen molar-refractivity contribution in [3.05, 3.63) is 0 Å². The van der Waals surface area contributed by atoms with Crippen LogP contribution in [0.15, 0.2) is 0 Å². The quantitative estimate of drug-likeness (QED) is 0.609. The summed E-state index contributed by atoms with van der Waals surface area (Å²) in [5.74, 6) is 0. The maximum Gasteiger partial charge on any atom is 0.00643 e. The average Bonchev–Trinajstić information content (AvgIpc) is 2.57. The summed E-state index contributed by atoms with van der Waals surface area (Å²) in [7, 11) is 4.40. The van der Waals surface area contributed by atoms with Gasteiger partial charge in [-0.2, -0.15) is 0 Å². The fourth-order valence-electron chi connectivity index (χ4n) is 2.32. The van der Waals surface area contributed by atoms with Crippen molar-refractivity contribution in [2.24, 2.45) is 0 Å². The van der Waals surface area contributed by atoms with Crippen molar-refractivity contribution in [2.75, 3.05) is 27.2 Å². The van der Waals surface area contributed by atoms with Crippen molar-refractivity contribution < 1.29 is 0 Å². The number of piperidine rings is 1. The second-order valence-corrected chi connectivity index (χ2v) is 5.30. The molecule has 2 saturated heterocycles. The van der Waals surface area contributed by atoms with Gasteiger partial charge in [0.1, 0.15) is 0 Å². The number of hydrogen-bond donors (Lipinski definition) is 0. The van der Waals surface area contributed by atoms with Gasteiger partial charge in [-0.15, -0.1) is 0 Å². The van der Waals surface area contributed by atoms with Crippen LogP contribution < -0.4 is 0 Å². The maximum absolute atomic E-state index is 2.43. The van der Waals surface area contributed by atoms with Gasteiger partial charge in [-0.3, -0.25) is 0 Å². The highest BCUT2D eigenvalue weighted by molar-refractivity contribution is 4.70. The molecule has 0 amide bonds. The third kappa shape index (κ3) is 4.52. The van der Waals surface area contributed by atoms with Crippen LogP contribution in [0.2, 0.25) is 0 Å². The number of nitrogens with zero attached hydrogens (tertiary/aromatic N) is 2. The van der Waals surface area contributed by atoms with Crippen LogP contribution in [0.4, 0.5) is 0 Å². The van der Waals surface area contributed by atoms with Gasteiger partial charge in [-0.1, -0.05) is 6.42 Å². The summed E-state index contributed by atoms with van der Waals surface area (Å²) in [6, 6.07) is 1.68. The van der Waals surface area contributed by atoms with Crippen LogP contribution >= 0.6 is 0 Å². The molecule has 15 heavy (non-hydrogen) atoms. The SMILES string of the molecule is CC1CCCCN1C.CC1CCCN1C. The van der Waals surface area contributed by atoms with Crippen LogP contribution in [0.3, 0.4) is 0 Å². The van der Waals surface area contributed by atoms with E-state index >= 15 is 0 Å². The van der Waals surface area contributed by atoms with E-state index in [9.17, 15) is 0 Å². The predicted octanol–water partition coefficient (Wildman–Crippen LogP) is 2.59. The lowest BCUT2D eigenvalue weighted by molar-refractivity contribution is 0.200. The van der Waals surface area contributed by atoms with Crippen LogP contribution in [0.5, 0.6) is 0 Å². The van der Waals surface area contributed by atoms with Gasteiger partial charge in [-0.25, -0.2) is 0 Å². The summed E-state index contributed by atoms with van der Waals surface area (Å²) in [6.07, 6.45) is 7.04. The molecule has 2 unspecified atom stereocenters. The van der Waals surface area contributed by atoms with E-state index in [0.29, 0.717) is 0 Å². The van der Waals surface area contributed by atoms with Crippen molar-refractivity contribution in [3.8, 4) is 0 Å². The van der Waals surface area contributed by atoms with Crippen molar-refractivity contribution in [3.63, 3.8) is 0 Å². The van der Waals surface area contributed by atoms with Gasteiger partial charge in [-0.05, 0) is 66.7 Å². The first-order valence-electron chi connectivity index (χ1n) is 6.51. The number of rotatable bonds is 0. The Labute approximate surface area is 95.6 Å². The van der Waals surface area contributed by atoms with E-state index in [1.165, 1.54) is 45.2 Å². The molecule has 2 nitrogen and oxygen atoms in total. The highest BCUT2D eigenvalue weighted by Gasteiger charge is 2.14. The molecule has 0 N–H and O–H groups in total. The fraction of sp³-hybridized carbons (Fsp3) is 1.00. The highest BCUT2D eigenvalue weighted by atomic mass is 15.1. The lowest BCUT2D eigenvalue weighted by Gasteiger charge is -2.29. The zero-order valence-corrected chi connectivity index (χ0v) is 11.0. The molecule has 2 aliphatic heterocycles. The summed E-state index contributed by atoms with van der Waals surface area (Å²) in [5, 5.41) is 0. The zero-order chi connectivity index (χ0) is 11.3. The van der Waals surface area contributed by atoms with Crippen molar-refractivity contribution in [2.45, 2.75) is 58.0 Å². The van der Waals surface area contributed by atoms with E-state index in [-0.39, 0.29) is 0 Å². The Hall–Kier alpha value is -0.0800. The molecule has 0 aromatic carbocycles. The lowest BCUT2D eigenvalue weighted by Crippen LogP contribution is -2.33. The standard InChI is InChI=1S/C7H15N.C6H13N/c1-7-5-3-4-6-8(7)2;1-6-4-3-5-7(6)2/h7H,3-6H2,1-2H3;6H,3-5H2,1-2H3. The first-order valence-corrected chi connectivity index (χ1v) is 6.51. The van der Waals surface area contributed by atoms with E-state index < -0.39 is 0 Å². The molecule has 0 bridgehead atoms. The third-order valence-electron chi connectivity index (χ3n) is 4.02. The zero-order valence-electron chi connectivity index (χ0n) is 11.0. The predicted molar refractivity (Wildman–Crippen MR) is 67.3 cm³/mol. The molecule has 0 radical (unpaired) electrons. The Bertz CT molecular complexity index is 152. The van der Waals surface area contributed by atoms with Crippen molar-refractivity contribution in [1.82, 2.24) is 9.80 Å². The number of hydrogen-bond acceptors (Lipinski definition) is 2. The molecule has 2 heterocycles. The minimum absolute atomic E-state index is 0.837. The molecule has 2 rings (SSSR count). The molecule has 0 aliphatic carbocycles. The lowest BCUT2D eigenvalue weighted by atomic mass is 10.1. The molecule has 2 atom stereocenters. The van der Waals surface area contributed by atoms with Crippen LogP contribution in [-0.2, 0) is 0 Å². The van der Waals surface area contributed by atoms with Gasteiger partial charge < -0.3 is 9.80 Å². The van der Waals surface area contributed by atoms with Gasteiger partial charge in [0.05, 0.1) is 0 Å². The normalized spacial score (nSPS) is 33.6. The van der Waals surface area contributed by atoms with Crippen LogP contribution in [-0.4, -0.2) is 49.1 Å². The van der Waals surface area contributed by atoms with Gasteiger partial charge in [0.2, 0.25) is 0 Å². The van der Waals surface area contributed by atoms with Crippen LogP contribution in [0, 0.1) is 0 Å². The Balaban J connectivity index is 0.000000151. The van der Waals surface area contributed by atoms with Crippen molar-refractivity contribution >= 4 is 0 Å². The Morgan fingerprint density at radius 2 is 1.20 bits per heavy atom. The fourth-order valence-corrected chi connectivity index (χ4v) is 2.32. The summed E-state index contributed by atoms with van der Waals surface area (Å²) in [5.41, 5.74) is 0. The Morgan fingerprint density at radius 3 is 1.47 bits per heavy atom. The first-order chi connectivity index (χ1) is 7.11. The average molecular weight is 212 g/mol. The van der Waals surface area contributed by atoms with Crippen LogP contribution in [0.1, 0.15) is 46.0 Å². The number of likely N-dealkylation sites (tertiary alicyclic amines) is 2. The minimum atomic E-state index is 0.837. The van der Waals surface area contributed by atoms with Gasteiger partial charge >= 0.3 is 0 Å². The van der Waals surface area contributed by atoms with Gasteiger partial charge in [0.15, 0.2) is 0 Å². The molecular weight excluding hydrogens is 184 g/mol. The summed E-state index contributed by atoms with van der Waals surface area (Å²) in [4.78, 5) is 4.84. The topological polar surface area (TPSA) is 6.48 Å². The minimum Gasteiger partial charge on any atom is -0.304 e. The van der Waals surface area contributed by atoms with Crippen LogP contribution in [0.25, 0.3) is 0 Å². The van der Waals surface area contributed by atoms with E-state index in [1.807, 2.05) is 0 Å². The maximum atomic E-state index is 2.43. The molecule has 2 fully saturated rings. The van der Waals surface area contributed by atoms with E-state index in [1.54, 1.807) is 0 Å². The smallest absolute Gasteiger partial charge is 0.00643 e. The van der Waals surface area contributed by atoms with Gasteiger partial charge in [0, 0.05) is 12.1 Å². The first kappa shape index (κ1) is 13.0. The van der Waals surface area contributed by atoms with E-state index in [4.69, 9.17) is 0 Å². The largest absolute Gasteiger partial charge is 0.304 e. The highest BCUT2D eigenvalue weighted by Crippen LogP contribution is 2.13. The molecule has 90 valence electrons. The molecule has 2 aliphatic rings. The Kier molecular flexibility index (Phi) is 5.62. The molecule has 0 aromatic heterocycles. The molecule has 0 saturated carbocycles. The van der Waals surface area contributed by atoms with Gasteiger partial charge in [0.25, 0.3) is 0 Å². The second-order valence-electron chi connectivity index (χ2n) is 5.30.